The number of fused-ring (bicyclic) bond motifs is 9. The molecule has 1 heteroatoms. The van der Waals surface area contributed by atoms with Crippen molar-refractivity contribution >= 4 is 55.6 Å². The highest BCUT2D eigenvalue weighted by Crippen LogP contribution is 2.51. The summed E-state index contributed by atoms with van der Waals surface area (Å²) in [5.74, 6) is 0. The molecule has 2 aliphatic carbocycles. The Labute approximate surface area is 267 Å². The summed E-state index contributed by atoms with van der Waals surface area (Å²) in [7, 11) is 0. The van der Waals surface area contributed by atoms with Crippen molar-refractivity contribution in [2.24, 2.45) is 0 Å². The summed E-state index contributed by atoms with van der Waals surface area (Å²) < 4.78 is 6.30. The van der Waals surface area contributed by atoms with Gasteiger partial charge in [0, 0.05) is 16.2 Å². The first kappa shape index (κ1) is 25.9. The SMILES string of the molecule is CC1(C)c2ccc(-c3c4c(c(-c5ccccc5)c5ccccc35)=CCCC=4)cc2-c2cc3cc4oc5ccccc5c4cc3cc21. The zero-order valence-corrected chi connectivity index (χ0v) is 26.0. The molecule has 1 heterocycles. The Hall–Kier alpha value is -5.40. The molecule has 0 radical (unpaired) electrons. The minimum absolute atomic E-state index is 0.0939. The van der Waals surface area contributed by atoms with Crippen LogP contribution in [-0.2, 0) is 5.41 Å². The van der Waals surface area contributed by atoms with Crippen molar-refractivity contribution in [2.45, 2.75) is 32.1 Å². The monoisotopic (exact) mass is 588 g/mol. The first-order chi connectivity index (χ1) is 22.6. The molecule has 1 nitrogen and oxygen atoms in total. The number of hydrogen-bond donors (Lipinski definition) is 0. The van der Waals surface area contributed by atoms with Gasteiger partial charge in [-0.25, -0.2) is 0 Å². The Morgan fingerprint density at radius 3 is 1.87 bits per heavy atom. The van der Waals surface area contributed by atoms with Gasteiger partial charge in [0.1, 0.15) is 11.2 Å². The Balaban J connectivity index is 1.24. The van der Waals surface area contributed by atoms with E-state index >= 15 is 0 Å². The van der Waals surface area contributed by atoms with Crippen molar-refractivity contribution in [3.8, 4) is 33.4 Å². The van der Waals surface area contributed by atoms with Crippen LogP contribution in [0.15, 0.2) is 126 Å². The minimum Gasteiger partial charge on any atom is -0.456 e. The maximum Gasteiger partial charge on any atom is 0.136 e. The normalized spacial score (nSPS) is 14.7. The third-order valence-corrected chi connectivity index (χ3v) is 10.6. The van der Waals surface area contributed by atoms with Crippen LogP contribution in [0.5, 0.6) is 0 Å². The summed E-state index contributed by atoms with van der Waals surface area (Å²) in [4.78, 5) is 0. The molecule has 0 N–H and O–H groups in total. The number of furan rings is 1. The van der Waals surface area contributed by atoms with Crippen LogP contribution in [0.2, 0.25) is 0 Å². The zero-order valence-electron chi connectivity index (χ0n) is 26.0. The van der Waals surface area contributed by atoms with E-state index in [9.17, 15) is 0 Å². The third-order valence-electron chi connectivity index (χ3n) is 10.6. The van der Waals surface area contributed by atoms with Crippen LogP contribution < -0.4 is 10.4 Å². The highest BCUT2D eigenvalue weighted by atomic mass is 16.3. The topological polar surface area (TPSA) is 13.1 Å². The predicted octanol–water partition coefficient (Wildman–Crippen LogP) is 10.9. The highest BCUT2D eigenvalue weighted by molar-refractivity contribution is 6.11. The summed E-state index contributed by atoms with van der Waals surface area (Å²) in [6.45, 7) is 4.76. The van der Waals surface area contributed by atoms with E-state index < -0.39 is 0 Å². The van der Waals surface area contributed by atoms with Crippen LogP contribution in [0.4, 0.5) is 0 Å². The van der Waals surface area contributed by atoms with Gasteiger partial charge in [-0.15, -0.1) is 0 Å². The van der Waals surface area contributed by atoms with E-state index in [1.54, 1.807) is 0 Å². The molecule has 46 heavy (non-hydrogen) atoms. The van der Waals surface area contributed by atoms with E-state index in [1.807, 2.05) is 6.07 Å². The van der Waals surface area contributed by atoms with Gasteiger partial charge in [-0.3, -0.25) is 0 Å². The van der Waals surface area contributed by atoms with Gasteiger partial charge in [-0.05, 0) is 126 Å². The van der Waals surface area contributed by atoms with Crippen molar-refractivity contribution in [1.29, 1.82) is 0 Å². The molecule has 0 saturated heterocycles. The largest absolute Gasteiger partial charge is 0.456 e. The summed E-state index contributed by atoms with van der Waals surface area (Å²) in [6.07, 6.45) is 7.07. The van der Waals surface area contributed by atoms with Crippen molar-refractivity contribution in [3.63, 3.8) is 0 Å². The zero-order chi connectivity index (χ0) is 30.6. The fraction of sp³-hybridized carbons (Fsp3) is 0.111. The molecule has 0 amide bonds. The van der Waals surface area contributed by atoms with E-state index in [-0.39, 0.29) is 5.41 Å². The van der Waals surface area contributed by atoms with Gasteiger partial charge in [-0.1, -0.05) is 111 Å². The van der Waals surface area contributed by atoms with Crippen LogP contribution in [0, 0.1) is 0 Å². The molecule has 0 atom stereocenters. The van der Waals surface area contributed by atoms with Crippen LogP contribution in [0.25, 0.3) is 89.0 Å². The van der Waals surface area contributed by atoms with Crippen LogP contribution in [-0.4, -0.2) is 0 Å². The molecule has 7 aromatic carbocycles. The van der Waals surface area contributed by atoms with Gasteiger partial charge in [0.25, 0.3) is 0 Å². The summed E-state index contributed by atoms with van der Waals surface area (Å²) in [5.41, 5.74) is 12.5. The lowest BCUT2D eigenvalue weighted by Gasteiger charge is -2.22. The van der Waals surface area contributed by atoms with Crippen LogP contribution in [0.1, 0.15) is 37.8 Å². The maximum atomic E-state index is 6.30. The quantitative estimate of drug-likeness (QED) is 0.196. The van der Waals surface area contributed by atoms with Crippen molar-refractivity contribution in [1.82, 2.24) is 0 Å². The smallest absolute Gasteiger partial charge is 0.136 e. The summed E-state index contributed by atoms with van der Waals surface area (Å²) in [5, 5.41) is 10.2. The molecule has 0 aliphatic heterocycles. The van der Waals surface area contributed by atoms with E-state index in [2.05, 4.69) is 141 Å². The van der Waals surface area contributed by atoms with E-state index in [0.29, 0.717) is 0 Å². The van der Waals surface area contributed by atoms with Crippen LogP contribution in [0.3, 0.4) is 0 Å². The van der Waals surface area contributed by atoms with E-state index in [4.69, 9.17) is 4.42 Å². The first-order valence-corrected chi connectivity index (χ1v) is 16.4. The Morgan fingerprint density at radius 1 is 0.478 bits per heavy atom. The Kier molecular flexibility index (Phi) is 5.24. The standard InChI is InChI=1S/C45H32O/c1-45(2)39-21-20-28(44-34-17-8-6-15-32(34)43(27-12-4-3-5-13-27)33-16-7-9-18-35(33)44)22-36(39)37-23-30-26-42-38(24-29(30)25-40(37)45)31-14-10-11-19-41(31)46-42/h3-6,8,10-26H,7,9H2,1-2H3. The highest BCUT2D eigenvalue weighted by Gasteiger charge is 2.36. The van der Waals surface area contributed by atoms with Gasteiger partial charge in [0.15, 0.2) is 0 Å². The van der Waals surface area contributed by atoms with Crippen molar-refractivity contribution in [2.75, 3.05) is 0 Å². The van der Waals surface area contributed by atoms with Crippen molar-refractivity contribution < 1.29 is 4.42 Å². The van der Waals surface area contributed by atoms with Gasteiger partial charge in [0.05, 0.1) is 0 Å². The minimum atomic E-state index is -0.0939. The Bertz CT molecular complexity index is 2700. The van der Waals surface area contributed by atoms with Crippen molar-refractivity contribution in [3.05, 3.63) is 143 Å². The molecular formula is C45H32O. The Morgan fingerprint density at radius 2 is 1.11 bits per heavy atom. The second-order valence-electron chi connectivity index (χ2n) is 13.6. The summed E-state index contributed by atoms with van der Waals surface area (Å²) in [6, 6.07) is 44.9. The lowest BCUT2D eigenvalue weighted by molar-refractivity contribution is 0.661. The molecule has 8 aromatic rings. The predicted molar refractivity (Wildman–Crippen MR) is 195 cm³/mol. The first-order valence-electron chi connectivity index (χ1n) is 16.4. The molecule has 0 fully saturated rings. The molecule has 0 bridgehead atoms. The lowest BCUT2D eigenvalue weighted by atomic mass is 9.81. The second-order valence-corrected chi connectivity index (χ2v) is 13.6. The van der Waals surface area contributed by atoms with Gasteiger partial charge in [0.2, 0.25) is 0 Å². The van der Waals surface area contributed by atoms with E-state index in [0.717, 1.165) is 24.0 Å². The fourth-order valence-corrected chi connectivity index (χ4v) is 8.46. The van der Waals surface area contributed by atoms with E-state index in [1.165, 1.54) is 87.3 Å². The number of hydrogen-bond acceptors (Lipinski definition) is 1. The average Bonchev–Trinajstić information content (AvgIpc) is 3.56. The lowest BCUT2D eigenvalue weighted by Crippen LogP contribution is -2.31. The number of para-hydroxylation sites is 1. The number of rotatable bonds is 2. The maximum absolute atomic E-state index is 6.30. The molecule has 10 rings (SSSR count). The molecule has 2 aliphatic rings. The third kappa shape index (κ3) is 3.52. The van der Waals surface area contributed by atoms with Gasteiger partial charge in [-0.2, -0.15) is 0 Å². The summed E-state index contributed by atoms with van der Waals surface area (Å²) >= 11 is 0. The molecule has 1 aromatic heterocycles. The molecular weight excluding hydrogens is 556 g/mol. The number of benzene rings is 7. The molecule has 0 saturated carbocycles. The molecule has 218 valence electrons. The van der Waals surface area contributed by atoms with Crippen LogP contribution >= 0.6 is 0 Å². The van der Waals surface area contributed by atoms with Gasteiger partial charge < -0.3 is 4.42 Å². The van der Waals surface area contributed by atoms with Gasteiger partial charge >= 0.3 is 0 Å². The molecule has 0 unspecified atom stereocenters. The second kappa shape index (κ2) is 9.31. The average molecular weight is 589 g/mol. The fourth-order valence-electron chi connectivity index (χ4n) is 8.46. The molecule has 0 spiro atoms.